The molecule has 3 rings (SSSR count). The summed E-state index contributed by atoms with van der Waals surface area (Å²) >= 11 is 0. The quantitative estimate of drug-likeness (QED) is 0.697. The number of carbonyl (C=O) groups excluding carboxylic acids is 2. The molecule has 0 saturated heterocycles. The lowest BCUT2D eigenvalue weighted by Gasteiger charge is -2.31. The molecule has 1 heterocycles. The molecule has 0 bridgehead atoms. The van der Waals surface area contributed by atoms with E-state index in [9.17, 15) is 30.0 Å². The van der Waals surface area contributed by atoms with Crippen molar-refractivity contribution < 1.29 is 34.8 Å². The van der Waals surface area contributed by atoms with Crippen LogP contribution in [0.3, 0.4) is 0 Å². The fraction of sp³-hybridized carbons (Fsp3) is 0.111. The van der Waals surface area contributed by atoms with E-state index in [0.29, 0.717) is 5.56 Å². The van der Waals surface area contributed by atoms with Crippen LogP contribution in [0.25, 0.3) is 5.57 Å². The number of aliphatic carboxylic acids is 1. The molecule has 0 unspecified atom stereocenters. The van der Waals surface area contributed by atoms with Gasteiger partial charge in [0, 0.05) is 6.42 Å². The first kappa shape index (κ1) is 16.4. The predicted octanol–water partition coefficient (Wildman–Crippen LogP) is 0.655. The van der Waals surface area contributed by atoms with Gasteiger partial charge in [-0.2, -0.15) is 0 Å². The molecule has 0 fully saturated rings. The minimum absolute atomic E-state index is 0.00758. The average Bonchev–Trinajstić information content (AvgIpc) is 2.83. The fourth-order valence-corrected chi connectivity index (χ4v) is 2.79. The summed E-state index contributed by atoms with van der Waals surface area (Å²) in [5.41, 5.74) is -1.83. The van der Waals surface area contributed by atoms with Crippen LogP contribution in [-0.2, 0) is 20.7 Å². The monoisotopic (exact) mass is 341 g/mol. The summed E-state index contributed by atoms with van der Waals surface area (Å²) in [6.45, 7) is 0. The van der Waals surface area contributed by atoms with E-state index < -0.39 is 23.3 Å². The number of carboxylic acids is 1. The molecule has 128 valence electrons. The summed E-state index contributed by atoms with van der Waals surface area (Å²) in [4.78, 5) is 23.8. The molecule has 0 spiro atoms. The van der Waals surface area contributed by atoms with Crippen LogP contribution in [0.5, 0.6) is 11.5 Å². The van der Waals surface area contributed by atoms with E-state index >= 15 is 0 Å². The van der Waals surface area contributed by atoms with Crippen LogP contribution in [0, 0.1) is 0 Å². The molecule has 0 aliphatic carbocycles. The molecule has 0 radical (unpaired) electrons. The number of phenols is 2. The van der Waals surface area contributed by atoms with Gasteiger partial charge in [-0.15, -0.1) is 0 Å². The highest BCUT2D eigenvalue weighted by Crippen LogP contribution is 2.41. The maximum Gasteiger partial charge on any atom is 0.375 e. The van der Waals surface area contributed by atoms with E-state index in [1.807, 2.05) is 0 Å². The molecule has 0 saturated carbocycles. The second-order valence-electron chi connectivity index (χ2n) is 5.62. The van der Waals surface area contributed by atoms with Crippen molar-refractivity contribution in [3.8, 4) is 11.5 Å². The van der Waals surface area contributed by atoms with Gasteiger partial charge in [0.2, 0.25) is 5.76 Å². The third kappa shape index (κ3) is 2.76. The smallest absolute Gasteiger partial charge is 0.375 e. The van der Waals surface area contributed by atoms with Gasteiger partial charge in [-0.1, -0.05) is 24.3 Å². The van der Waals surface area contributed by atoms with E-state index in [0.717, 1.165) is 0 Å². The van der Waals surface area contributed by atoms with Gasteiger partial charge in [-0.3, -0.25) is 0 Å². The van der Waals surface area contributed by atoms with Gasteiger partial charge in [0.25, 0.3) is 0 Å². The first-order valence-corrected chi connectivity index (χ1v) is 7.29. The minimum atomic E-state index is -2.23. The van der Waals surface area contributed by atoms with Crippen molar-refractivity contribution in [3.05, 3.63) is 65.4 Å². The van der Waals surface area contributed by atoms with Gasteiger partial charge in [-0.05, 0) is 35.4 Å². The summed E-state index contributed by atoms with van der Waals surface area (Å²) in [5.74, 6) is -3.76. The number of ether oxygens (including phenoxy) is 1. The highest BCUT2D eigenvalue weighted by Gasteiger charge is 2.50. The fourth-order valence-electron chi connectivity index (χ4n) is 2.79. The molecule has 25 heavy (non-hydrogen) atoms. The largest absolute Gasteiger partial charge is 0.545 e. The lowest BCUT2D eigenvalue weighted by molar-refractivity contribution is -0.320. The topological polar surface area (TPSA) is 127 Å². The zero-order valence-electron chi connectivity index (χ0n) is 12.8. The summed E-state index contributed by atoms with van der Waals surface area (Å²) < 4.78 is 5.00. The Labute approximate surface area is 142 Å². The zero-order valence-corrected chi connectivity index (χ0v) is 12.8. The number of esters is 1. The number of hydrogen-bond donors (Lipinski definition) is 3. The molecule has 1 aliphatic heterocycles. The number of aliphatic hydroxyl groups is 1. The molecule has 0 aromatic heterocycles. The number of benzene rings is 2. The van der Waals surface area contributed by atoms with Crippen molar-refractivity contribution in [2.75, 3.05) is 0 Å². The second kappa shape index (κ2) is 5.86. The Kier molecular flexibility index (Phi) is 3.84. The number of cyclic esters (lactones) is 1. The third-order valence-electron chi connectivity index (χ3n) is 3.98. The van der Waals surface area contributed by atoms with Crippen LogP contribution in [0.4, 0.5) is 0 Å². The Morgan fingerprint density at radius 1 is 0.960 bits per heavy atom. The Morgan fingerprint density at radius 3 is 2.00 bits per heavy atom. The van der Waals surface area contributed by atoms with Crippen molar-refractivity contribution in [2.45, 2.75) is 12.0 Å². The van der Waals surface area contributed by atoms with E-state index in [4.69, 9.17) is 4.74 Å². The number of carbonyl (C=O) groups is 2. The van der Waals surface area contributed by atoms with Gasteiger partial charge >= 0.3 is 5.97 Å². The van der Waals surface area contributed by atoms with E-state index in [2.05, 4.69) is 0 Å². The molecule has 2 aromatic carbocycles. The average molecular weight is 341 g/mol. The number of carboxylic acid groups (broad SMARTS) is 1. The van der Waals surface area contributed by atoms with Gasteiger partial charge in [0.1, 0.15) is 11.5 Å². The Balaban J connectivity index is 2.13. The van der Waals surface area contributed by atoms with Crippen LogP contribution >= 0.6 is 0 Å². The minimum Gasteiger partial charge on any atom is -0.545 e. The zero-order chi connectivity index (χ0) is 18.2. The first-order chi connectivity index (χ1) is 11.8. The number of hydrogen-bond acceptors (Lipinski definition) is 7. The van der Waals surface area contributed by atoms with Crippen LogP contribution in [-0.4, -0.2) is 32.9 Å². The van der Waals surface area contributed by atoms with E-state index in [-0.39, 0.29) is 29.1 Å². The Morgan fingerprint density at radius 2 is 1.48 bits per heavy atom. The van der Waals surface area contributed by atoms with Crippen LogP contribution in [0.2, 0.25) is 0 Å². The molecule has 0 amide bonds. The van der Waals surface area contributed by atoms with Crippen molar-refractivity contribution in [3.63, 3.8) is 0 Å². The van der Waals surface area contributed by atoms with Crippen LogP contribution in [0.15, 0.2) is 54.3 Å². The maximum atomic E-state index is 11.9. The summed E-state index contributed by atoms with van der Waals surface area (Å²) in [5, 5.41) is 40.7. The van der Waals surface area contributed by atoms with Crippen molar-refractivity contribution in [1.82, 2.24) is 0 Å². The molecule has 1 aliphatic rings. The van der Waals surface area contributed by atoms with Gasteiger partial charge in [0.15, 0.2) is 5.60 Å². The molecule has 2 aromatic rings. The summed E-state index contributed by atoms with van der Waals surface area (Å²) in [6.07, 6.45) is -0.304. The van der Waals surface area contributed by atoms with Gasteiger partial charge < -0.3 is 30.0 Å². The van der Waals surface area contributed by atoms with Crippen molar-refractivity contribution >= 4 is 17.5 Å². The molecule has 7 heteroatoms. The Hall–Kier alpha value is -3.48. The third-order valence-corrected chi connectivity index (χ3v) is 3.98. The number of aliphatic hydroxyl groups excluding tert-OH is 1. The summed E-state index contributed by atoms with van der Waals surface area (Å²) in [6, 6.07) is 11.0. The second-order valence-corrected chi connectivity index (χ2v) is 5.62. The van der Waals surface area contributed by atoms with Gasteiger partial charge in [-0.25, -0.2) is 4.79 Å². The highest BCUT2D eigenvalue weighted by molar-refractivity contribution is 6.10. The molecule has 7 nitrogen and oxygen atoms in total. The normalized spacial score (nSPS) is 19.8. The van der Waals surface area contributed by atoms with Crippen molar-refractivity contribution in [1.29, 1.82) is 0 Å². The number of phenolic OH excluding ortho intramolecular Hbond substituents is 2. The predicted molar refractivity (Wildman–Crippen MR) is 83.3 cm³/mol. The number of aromatic hydroxyl groups is 2. The SMILES string of the molecule is O=C1O[C@](Cc2ccc(O)cc2)(C(=O)[O-])C(c2ccc(O)cc2)=C1O. The maximum absolute atomic E-state index is 11.9. The van der Waals surface area contributed by atoms with E-state index in [1.54, 1.807) is 0 Å². The highest BCUT2D eigenvalue weighted by atomic mass is 16.6. The Bertz CT molecular complexity index is 865. The van der Waals surface area contributed by atoms with Crippen molar-refractivity contribution in [2.24, 2.45) is 0 Å². The lowest BCUT2D eigenvalue weighted by Crippen LogP contribution is -2.51. The molecular weight excluding hydrogens is 328 g/mol. The molecule has 1 atom stereocenters. The molecule has 3 N–H and O–H groups in total. The van der Waals surface area contributed by atoms with Crippen LogP contribution < -0.4 is 5.11 Å². The van der Waals surface area contributed by atoms with Gasteiger partial charge in [0.05, 0.1) is 11.5 Å². The number of rotatable bonds is 4. The molecular formula is C18H13O7-. The lowest BCUT2D eigenvalue weighted by atomic mass is 9.83. The first-order valence-electron chi connectivity index (χ1n) is 7.29. The summed E-state index contributed by atoms with van der Waals surface area (Å²) in [7, 11) is 0. The van der Waals surface area contributed by atoms with Crippen LogP contribution in [0.1, 0.15) is 11.1 Å². The van der Waals surface area contributed by atoms with E-state index in [1.165, 1.54) is 48.5 Å². The standard InChI is InChI=1S/C18H14O7/c19-12-5-1-10(2-6-12)9-18(17(23)24)14(15(21)16(22)25-18)11-3-7-13(20)8-4-11/h1-8,19-21H,9H2,(H,23,24)/p-1/t18-/m0/s1.